The van der Waals surface area contributed by atoms with Crippen LogP contribution >= 0.6 is 11.6 Å². The van der Waals surface area contributed by atoms with Crippen LogP contribution in [-0.2, 0) is 4.79 Å². The Morgan fingerprint density at radius 1 is 1.12 bits per heavy atom. The second kappa shape index (κ2) is 6.65. The van der Waals surface area contributed by atoms with E-state index in [1.165, 1.54) is 0 Å². The molecule has 1 fully saturated rings. The first-order valence-electron chi connectivity index (χ1n) is 7.88. The number of amides is 2. The number of anilines is 1. The molecule has 0 bridgehead atoms. The van der Waals surface area contributed by atoms with Gasteiger partial charge in [0, 0.05) is 29.2 Å². The first-order chi connectivity index (χ1) is 11.5. The first-order valence-corrected chi connectivity index (χ1v) is 8.26. The highest BCUT2D eigenvalue weighted by molar-refractivity contribution is 6.30. The molecule has 2 amide bonds. The standard InChI is InChI=1S/C19H19ClN2O2/c1-11-9-13(18(23)21-2)5-8-17(11)22-19(24)16-10-15(16)12-3-6-14(20)7-4-12/h3-9,15-16H,10H2,1-2H3,(H,21,23)(H,22,24)/t15-,16-/m1/s1. The summed E-state index contributed by atoms with van der Waals surface area (Å²) in [6.45, 7) is 1.88. The van der Waals surface area contributed by atoms with Gasteiger partial charge in [-0.3, -0.25) is 9.59 Å². The Labute approximate surface area is 146 Å². The molecular weight excluding hydrogens is 324 g/mol. The average Bonchev–Trinajstić information content (AvgIpc) is 3.37. The van der Waals surface area contributed by atoms with Gasteiger partial charge in [-0.05, 0) is 60.7 Å². The van der Waals surface area contributed by atoms with Crippen LogP contribution in [0.4, 0.5) is 5.69 Å². The van der Waals surface area contributed by atoms with Gasteiger partial charge < -0.3 is 10.6 Å². The Morgan fingerprint density at radius 2 is 1.83 bits per heavy atom. The maximum atomic E-state index is 12.4. The first kappa shape index (κ1) is 16.5. The van der Waals surface area contributed by atoms with E-state index < -0.39 is 0 Å². The van der Waals surface area contributed by atoms with Crippen molar-refractivity contribution in [2.75, 3.05) is 12.4 Å². The topological polar surface area (TPSA) is 58.2 Å². The number of rotatable bonds is 4. The molecule has 1 aliphatic carbocycles. The van der Waals surface area contributed by atoms with Gasteiger partial charge in [0.25, 0.3) is 5.91 Å². The molecule has 2 N–H and O–H groups in total. The summed E-state index contributed by atoms with van der Waals surface area (Å²) in [5.74, 6) is 0.128. The maximum absolute atomic E-state index is 12.4. The number of carbonyl (C=O) groups is 2. The van der Waals surface area contributed by atoms with Gasteiger partial charge in [0.1, 0.15) is 0 Å². The SMILES string of the molecule is CNC(=O)c1ccc(NC(=O)[C@@H]2C[C@@H]2c2ccc(Cl)cc2)c(C)c1. The van der Waals surface area contributed by atoms with Crippen molar-refractivity contribution < 1.29 is 9.59 Å². The number of nitrogens with one attached hydrogen (secondary N) is 2. The van der Waals surface area contributed by atoms with E-state index in [0.717, 1.165) is 23.2 Å². The van der Waals surface area contributed by atoms with E-state index in [2.05, 4.69) is 10.6 Å². The van der Waals surface area contributed by atoms with Crippen LogP contribution in [0.2, 0.25) is 5.02 Å². The van der Waals surface area contributed by atoms with Crippen LogP contribution in [0.15, 0.2) is 42.5 Å². The average molecular weight is 343 g/mol. The minimum atomic E-state index is -0.138. The van der Waals surface area contributed by atoms with Crippen LogP contribution in [0.1, 0.15) is 33.8 Å². The van der Waals surface area contributed by atoms with Gasteiger partial charge in [0.2, 0.25) is 5.91 Å². The van der Waals surface area contributed by atoms with E-state index >= 15 is 0 Å². The molecule has 0 aliphatic heterocycles. The summed E-state index contributed by atoms with van der Waals surface area (Å²) in [5.41, 5.74) is 3.34. The molecular formula is C19H19ClN2O2. The summed E-state index contributed by atoms with van der Waals surface area (Å²) in [5, 5.41) is 6.26. The molecule has 0 spiro atoms. The number of benzene rings is 2. The highest BCUT2D eigenvalue weighted by Crippen LogP contribution is 2.48. The van der Waals surface area contributed by atoms with E-state index in [0.29, 0.717) is 10.6 Å². The number of aryl methyl sites for hydroxylation is 1. The molecule has 0 heterocycles. The fraction of sp³-hybridized carbons (Fsp3) is 0.263. The van der Waals surface area contributed by atoms with Crippen molar-refractivity contribution in [1.29, 1.82) is 0 Å². The Balaban J connectivity index is 1.66. The predicted molar refractivity (Wildman–Crippen MR) is 95.5 cm³/mol. The lowest BCUT2D eigenvalue weighted by Crippen LogP contribution is -2.19. The van der Waals surface area contributed by atoms with Gasteiger partial charge in [-0.25, -0.2) is 0 Å². The Hall–Kier alpha value is -2.33. The molecule has 1 saturated carbocycles. The third-order valence-electron chi connectivity index (χ3n) is 4.40. The van der Waals surface area contributed by atoms with E-state index in [9.17, 15) is 9.59 Å². The van der Waals surface area contributed by atoms with Crippen molar-refractivity contribution >= 4 is 29.1 Å². The van der Waals surface area contributed by atoms with Crippen LogP contribution in [0.3, 0.4) is 0 Å². The predicted octanol–water partition coefficient (Wildman–Crippen LogP) is 3.75. The normalized spacial score (nSPS) is 18.8. The fourth-order valence-corrected chi connectivity index (χ4v) is 3.00. The largest absolute Gasteiger partial charge is 0.355 e. The molecule has 0 unspecified atom stereocenters. The highest BCUT2D eigenvalue weighted by atomic mass is 35.5. The molecule has 2 aromatic carbocycles. The molecule has 2 aromatic rings. The number of hydrogen-bond acceptors (Lipinski definition) is 2. The van der Waals surface area contributed by atoms with Gasteiger partial charge in [0.05, 0.1) is 0 Å². The second-order valence-corrected chi connectivity index (χ2v) is 6.53. The van der Waals surface area contributed by atoms with E-state index in [4.69, 9.17) is 11.6 Å². The highest BCUT2D eigenvalue weighted by Gasteiger charge is 2.43. The molecule has 0 radical (unpaired) electrons. The second-order valence-electron chi connectivity index (χ2n) is 6.10. The van der Waals surface area contributed by atoms with Crippen molar-refractivity contribution in [3.63, 3.8) is 0 Å². The minimum absolute atomic E-state index is 0.0100. The molecule has 0 aromatic heterocycles. The third-order valence-corrected chi connectivity index (χ3v) is 4.65. The lowest BCUT2D eigenvalue weighted by atomic mass is 10.1. The zero-order chi connectivity index (χ0) is 17.3. The van der Waals surface area contributed by atoms with Crippen molar-refractivity contribution in [2.45, 2.75) is 19.3 Å². The molecule has 1 aliphatic rings. The van der Waals surface area contributed by atoms with Gasteiger partial charge in [0.15, 0.2) is 0 Å². The third kappa shape index (κ3) is 3.44. The van der Waals surface area contributed by atoms with E-state index in [1.54, 1.807) is 25.2 Å². The Morgan fingerprint density at radius 3 is 2.46 bits per heavy atom. The van der Waals surface area contributed by atoms with Crippen molar-refractivity contribution in [3.8, 4) is 0 Å². The Kier molecular flexibility index (Phi) is 4.58. The molecule has 124 valence electrons. The molecule has 5 heteroatoms. The fourth-order valence-electron chi connectivity index (χ4n) is 2.88. The van der Waals surface area contributed by atoms with Crippen LogP contribution in [0, 0.1) is 12.8 Å². The molecule has 2 atom stereocenters. The lowest BCUT2D eigenvalue weighted by Gasteiger charge is -2.10. The van der Waals surface area contributed by atoms with Crippen molar-refractivity contribution in [2.24, 2.45) is 5.92 Å². The van der Waals surface area contributed by atoms with Crippen LogP contribution in [0.5, 0.6) is 0 Å². The van der Waals surface area contributed by atoms with Gasteiger partial charge >= 0.3 is 0 Å². The summed E-state index contributed by atoms with van der Waals surface area (Å²) in [7, 11) is 1.59. The summed E-state index contributed by atoms with van der Waals surface area (Å²) in [6, 6.07) is 12.9. The minimum Gasteiger partial charge on any atom is -0.355 e. The van der Waals surface area contributed by atoms with Crippen LogP contribution in [-0.4, -0.2) is 18.9 Å². The molecule has 24 heavy (non-hydrogen) atoms. The van der Waals surface area contributed by atoms with Crippen LogP contribution < -0.4 is 10.6 Å². The van der Waals surface area contributed by atoms with Crippen molar-refractivity contribution in [3.05, 3.63) is 64.2 Å². The summed E-state index contributed by atoms with van der Waals surface area (Å²) in [4.78, 5) is 24.1. The molecule has 3 rings (SSSR count). The smallest absolute Gasteiger partial charge is 0.251 e. The molecule has 4 nitrogen and oxygen atoms in total. The lowest BCUT2D eigenvalue weighted by molar-refractivity contribution is -0.117. The van der Waals surface area contributed by atoms with E-state index in [1.807, 2.05) is 31.2 Å². The zero-order valence-corrected chi connectivity index (χ0v) is 14.4. The van der Waals surface area contributed by atoms with Crippen molar-refractivity contribution in [1.82, 2.24) is 5.32 Å². The monoisotopic (exact) mass is 342 g/mol. The van der Waals surface area contributed by atoms with E-state index in [-0.39, 0.29) is 23.7 Å². The number of halogens is 1. The molecule has 0 saturated heterocycles. The number of hydrogen-bond donors (Lipinski definition) is 2. The van der Waals surface area contributed by atoms with Gasteiger partial charge in [-0.15, -0.1) is 0 Å². The summed E-state index contributed by atoms with van der Waals surface area (Å²) in [6.07, 6.45) is 0.850. The van der Waals surface area contributed by atoms with Crippen LogP contribution in [0.25, 0.3) is 0 Å². The maximum Gasteiger partial charge on any atom is 0.251 e. The summed E-state index contributed by atoms with van der Waals surface area (Å²) < 4.78 is 0. The summed E-state index contributed by atoms with van der Waals surface area (Å²) >= 11 is 5.90. The quantitative estimate of drug-likeness (QED) is 0.889. The zero-order valence-electron chi connectivity index (χ0n) is 13.6. The van der Waals surface area contributed by atoms with Gasteiger partial charge in [-0.2, -0.15) is 0 Å². The number of carbonyl (C=O) groups excluding carboxylic acids is 2. The van der Waals surface area contributed by atoms with Gasteiger partial charge in [-0.1, -0.05) is 23.7 Å². The Bertz CT molecular complexity index is 786.